The molecule has 0 saturated carbocycles. The summed E-state index contributed by atoms with van der Waals surface area (Å²) in [6.45, 7) is -0.220. The van der Waals surface area contributed by atoms with Crippen molar-refractivity contribution in [3.63, 3.8) is 0 Å². The van der Waals surface area contributed by atoms with Gasteiger partial charge in [-0.05, 0) is 12.1 Å². The number of nitrogen functional groups attached to an aromatic ring is 1. The Bertz CT molecular complexity index is 612. The average molecular weight is 294 g/mol. The normalized spacial score (nSPS) is 12.3. The van der Waals surface area contributed by atoms with Gasteiger partial charge in [0.15, 0.2) is 5.03 Å². The predicted octanol–water partition coefficient (Wildman–Crippen LogP) is -1.31. The number of nitrogens with one attached hydrogen (secondary N) is 2. The molecule has 0 bridgehead atoms. The first-order valence-electron chi connectivity index (χ1n) is 4.85. The number of anilines is 1. The van der Waals surface area contributed by atoms with Gasteiger partial charge in [-0.1, -0.05) is 0 Å². The molecule has 0 aliphatic carbocycles. The number of hydrogen-bond donors (Lipinski definition) is 3. The van der Waals surface area contributed by atoms with Crippen LogP contribution in [0.4, 0.5) is 5.69 Å². The van der Waals surface area contributed by atoms with Gasteiger partial charge in [0.1, 0.15) is 9.84 Å². The highest BCUT2D eigenvalue weighted by Crippen LogP contribution is 2.15. The lowest BCUT2D eigenvalue weighted by Gasteiger charge is -2.09. The van der Waals surface area contributed by atoms with Crippen molar-refractivity contribution < 1.29 is 16.8 Å². The molecule has 102 valence electrons. The molecule has 0 aliphatic rings. The molecule has 0 radical (unpaired) electrons. The van der Waals surface area contributed by atoms with E-state index in [1.165, 1.54) is 18.3 Å². The number of rotatable bonds is 6. The maximum Gasteiger partial charge on any atom is 0.260 e. The van der Waals surface area contributed by atoms with Crippen LogP contribution in [-0.4, -0.2) is 40.4 Å². The molecule has 1 heterocycles. The van der Waals surface area contributed by atoms with Crippen molar-refractivity contribution in [1.29, 1.82) is 0 Å². The van der Waals surface area contributed by atoms with E-state index in [9.17, 15) is 16.8 Å². The van der Waals surface area contributed by atoms with E-state index in [1.54, 1.807) is 0 Å². The van der Waals surface area contributed by atoms with E-state index in [-0.39, 0.29) is 23.0 Å². The Morgan fingerprint density at radius 1 is 1.33 bits per heavy atom. The number of sulfonamides is 1. The summed E-state index contributed by atoms with van der Waals surface area (Å²) in [5, 5.41) is -0.277. The predicted molar refractivity (Wildman–Crippen MR) is 66.9 cm³/mol. The second-order valence-electron chi connectivity index (χ2n) is 3.53. The van der Waals surface area contributed by atoms with Gasteiger partial charge in [-0.15, -0.1) is 0 Å². The molecule has 0 saturated heterocycles. The molecule has 1 aromatic rings. The molecule has 1 rings (SSSR count). The lowest BCUT2D eigenvalue weighted by Crippen LogP contribution is -2.30. The van der Waals surface area contributed by atoms with Crippen molar-refractivity contribution in [2.24, 2.45) is 5.84 Å². The SMILES string of the molecule is CS(=O)(=O)CCNS(=O)(=O)c1ncccc1NN. The molecule has 0 aliphatic heterocycles. The second kappa shape index (κ2) is 5.61. The molecule has 10 heteroatoms. The van der Waals surface area contributed by atoms with Crippen LogP contribution in [0.2, 0.25) is 0 Å². The van der Waals surface area contributed by atoms with Crippen LogP contribution in [0.15, 0.2) is 23.4 Å². The smallest absolute Gasteiger partial charge is 0.260 e. The van der Waals surface area contributed by atoms with Crippen molar-refractivity contribution in [3.8, 4) is 0 Å². The van der Waals surface area contributed by atoms with Gasteiger partial charge in [0, 0.05) is 19.0 Å². The maximum absolute atomic E-state index is 11.8. The topological polar surface area (TPSA) is 131 Å². The first kappa shape index (κ1) is 14.8. The standard InChI is InChI=1S/C8H14N4O4S2/c1-17(13,14)6-5-11-18(15,16)8-7(12-9)3-2-4-10-8/h2-4,11-12H,5-6,9H2,1H3. The van der Waals surface area contributed by atoms with Crippen LogP contribution < -0.4 is 16.0 Å². The van der Waals surface area contributed by atoms with E-state index in [2.05, 4.69) is 15.1 Å². The molecule has 8 nitrogen and oxygen atoms in total. The molecule has 0 unspecified atom stereocenters. The van der Waals surface area contributed by atoms with Crippen LogP contribution in [0, 0.1) is 0 Å². The third kappa shape index (κ3) is 4.22. The Balaban J connectivity index is 2.87. The van der Waals surface area contributed by atoms with Crippen LogP contribution >= 0.6 is 0 Å². The Morgan fingerprint density at radius 2 is 2.00 bits per heavy atom. The zero-order valence-corrected chi connectivity index (χ0v) is 11.3. The number of nitrogens with zero attached hydrogens (tertiary/aromatic N) is 1. The van der Waals surface area contributed by atoms with Gasteiger partial charge in [0.2, 0.25) is 0 Å². The van der Waals surface area contributed by atoms with E-state index in [1.807, 2.05) is 0 Å². The molecule has 0 amide bonds. The van der Waals surface area contributed by atoms with Gasteiger partial charge in [-0.25, -0.2) is 26.5 Å². The minimum absolute atomic E-state index is 0.129. The molecule has 0 aromatic carbocycles. The number of pyridine rings is 1. The molecule has 0 atom stereocenters. The quantitative estimate of drug-likeness (QED) is 0.438. The fourth-order valence-electron chi connectivity index (χ4n) is 1.14. The minimum atomic E-state index is -3.89. The highest BCUT2D eigenvalue weighted by atomic mass is 32.2. The van der Waals surface area contributed by atoms with Gasteiger partial charge in [-0.2, -0.15) is 0 Å². The van der Waals surface area contributed by atoms with E-state index < -0.39 is 19.9 Å². The lowest BCUT2D eigenvalue weighted by molar-refractivity contribution is 0.578. The van der Waals surface area contributed by atoms with Crippen molar-refractivity contribution in [3.05, 3.63) is 18.3 Å². The van der Waals surface area contributed by atoms with Crippen molar-refractivity contribution in [2.45, 2.75) is 5.03 Å². The van der Waals surface area contributed by atoms with Crippen LogP contribution in [0.5, 0.6) is 0 Å². The summed E-state index contributed by atoms with van der Waals surface area (Å²) in [7, 11) is -7.13. The lowest BCUT2D eigenvalue weighted by atomic mass is 10.4. The minimum Gasteiger partial charge on any atom is -0.321 e. The van der Waals surface area contributed by atoms with Gasteiger partial charge in [0.25, 0.3) is 10.0 Å². The second-order valence-corrected chi connectivity index (χ2v) is 7.47. The van der Waals surface area contributed by atoms with Gasteiger partial charge in [-0.3, -0.25) is 5.84 Å². The molecule has 0 spiro atoms. The van der Waals surface area contributed by atoms with E-state index >= 15 is 0 Å². The third-order valence-corrected chi connectivity index (χ3v) is 4.31. The van der Waals surface area contributed by atoms with E-state index in [4.69, 9.17) is 5.84 Å². The van der Waals surface area contributed by atoms with Crippen molar-refractivity contribution in [1.82, 2.24) is 9.71 Å². The number of hydrogen-bond acceptors (Lipinski definition) is 7. The molecule has 1 aromatic heterocycles. The van der Waals surface area contributed by atoms with Crippen molar-refractivity contribution in [2.75, 3.05) is 24.0 Å². The largest absolute Gasteiger partial charge is 0.321 e. The number of sulfone groups is 1. The summed E-state index contributed by atoms with van der Waals surface area (Å²) < 4.78 is 47.6. The Labute approximate surface area is 106 Å². The molecular formula is C8H14N4O4S2. The zero-order valence-electron chi connectivity index (χ0n) is 9.62. The Kier molecular flexibility index (Phi) is 4.62. The summed E-state index contributed by atoms with van der Waals surface area (Å²) >= 11 is 0. The molecule has 0 fully saturated rings. The van der Waals surface area contributed by atoms with Crippen LogP contribution in [0.3, 0.4) is 0 Å². The maximum atomic E-state index is 11.8. The zero-order chi connectivity index (χ0) is 13.8. The highest BCUT2D eigenvalue weighted by Gasteiger charge is 2.19. The Hall–Kier alpha value is -1.23. The third-order valence-electron chi connectivity index (χ3n) is 1.95. The van der Waals surface area contributed by atoms with Gasteiger partial charge >= 0.3 is 0 Å². The summed E-state index contributed by atoms with van der Waals surface area (Å²) in [6, 6.07) is 2.96. The summed E-state index contributed by atoms with van der Waals surface area (Å²) in [6.07, 6.45) is 2.32. The molecule has 18 heavy (non-hydrogen) atoms. The first-order chi connectivity index (χ1) is 8.26. The highest BCUT2D eigenvalue weighted by molar-refractivity contribution is 7.91. The van der Waals surface area contributed by atoms with Crippen LogP contribution in [-0.2, 0) is 19.9 Å². The van der Waals surface area contributed by atoms with E-state index in [0.717, 1.165) is 6.26 Å². The summed E-state index contributed by atoms with van der Waals surface area (Å²) in [5.74, 6) is 4.88. The number of nitrogens with two attached hydrogens (primary N) is 1. The summed E-state index contributed by atoms with van der Waals surface area (Å²) in [5.41, 5.74) is 2.34. The van der Waals surface area contributed by atoms with Crippen molar-refractivity contribution >= 4 is 25.5 Å². The number of aromatic nitrogens is 1. The van der Waals surface area contributed by atoms with Gasteiger partial charge < -0.3 is 5.43 Å². The Morgan fingerprint density at radius 3 is 2.56 bits per heavy atom. The fraction of sp³-hybridized carbons (Fsp3) is 0.375. The number of hydrazine groups is 1. The monoisotopic (exact) mass is 294 g/mol. The average Bonchev–Trinajstić information content (AvgIpc) is 2.27. The van der Waals surface area contributed by atoms with Crippen LogP contribution in [0.1, 0.15) is 0 Å². The van der Waals surface area contributed by atoms with Gasteiger partial charge in [0.05, 0.1) is 11.4 Å². The summed E-state index contributed by atoms with van der Waals surface area (Å²) in [4.78, 5) is 3.69. The molecule has 4 N–H and O–H groups in total. The van der Waals surface area contributed by atoms with E-state index in [0.29, 0.717) is 0 Å². The first-order valence-corrected chi connectivity index (χ1v) is 8.39. The van der Waals surface area contributed by atoms with Crippen LogP contribution in [0.25, 0.3) is 0 Å². The fourth-order valence-corrected chi connectivity index (χ4v) is 2.87. The molecular weight excluding hydrogens is 280 g/mol.